The Hall–Kier alpha value is -0.578. The molecule has 0 radical (unpaired) electrons. The standard InChI is InChI=1S/C22H38BNOSi/c1-17(24-2)21(18-11-7-6-8-12-18)25-23-20-15-9-13-19(14-10-16-20)22(23)26(3,4)5/h6-8,11-12,17,19-22,24H,9-10,13-16H2,1-5H3/t17-,19?,20?,21+,22-/m1/s1. The fourth-order valence-corrected chi connectivity index (χ4v) is 8.75. The van der Waals surface area contributed by atoms with Crippen LogP contribution >= 0.6 is 0 Å². The van der Waals surface area contributed by atoms with Crippen LogP contribution in [0.1, 0.15) is 57.1 Å². The molecule has 1 aromatic rings. The average molecular weight is 371 g/mol. The first kappa shape index (κ1) is 20.2. The van der Waals surface area contributed by atoms with E-state index in [1.54, 1.807) is 0 Å². The lowest BCUT2D eigenvalue weighted by Crippen LogP contribution is -2.47. The van der Waals surface area contributed by atoms with Gasteiger partial charge in [0.05, 0.1) is 6.10 Å². The van der Waals surface area contributed by atoms with Crippen molar-refractivity contribution in [2.75, 3.05) is 7.05 Å². The topological polar surface area (TPSA) is 21.3 Å². The molecular weight excluding hydrogens is 333 g/mol. The SMILES string of the molecule is CN[C@H](C)[C@H](OB1C2CCCC(CCC2)[C@H]1[Si](C)(C)C)c1ccccc1. The Balaban J connectivity index is 1.94. The molecule has 4 heteroatoms. The molecule has 2 saturated heterocycles. The maximum atomic E-state index is 7.14. The van der Waals surface area contributed by atoms with Crippen LogP contribution in [0.4, 0.5) is 0 Å². The van der Waals surface area contributed by atoms with Crippen LogP contribution in [0.5, 0.6) is 0 Å². The molecule has 3 rings (SSSR count). The summed E-state index contributed by atoms with van der Waals surface area (Å²) < 4.78 is 7.14. The second-order valence-electron chi connectivity index (χ2n) is 9.78. The van der Waals surface area contributed by atoms with Gasteiger partial charge in [-0.3, -0.25) is 0 Å². The molecule has 144 valence electrons. The zero-order chi connectivity index (χ0) is 18.7. The molecule has 26 heavy (non-hydrogen) atoms. The molecule has 0 aromatic heterocycles. The molecule has 1 aromatic carbocycles. The molecule has 2 nitrogen and oxygen atoms in total. The van der Waals surface area contributed by atoms with Crippen molar-refractivity contribution in [3.05, 3.63) is 35.9 Å². The summed E-state index contributed by atoms with van der Waals surface area (Å²) in [5.74, 6) is 1.65. The highest BCUT2D eigenvalue weighted by atomic mass is 28.3. The van der Waals surface area contributed by atoms with E-state index in [2.05, 4.69) is 69.3 Å². The van der Waals surface area contributed by atoms with E-state index < -0.39 is 8.07 Å². The fraction of sp³-hybridized carbons (Fsp3) is 0.727. The van der Waals surface area contributed by atoms with E-state index in [-0.39, 0.29) is 6.10 Å². The fourth-order valence-electron chi connectivity index (χ4n) is 5.67. The largest absolute Gasteiger partial charge is 0.427 e. The number of rotatable bonds is 6. The summed E-state index contributed by atoms with van der Waals surface area (Å²) in [6.07, 6.45) is 8.58. The zero-order valence-corrected chi connectivity index (χ0v) is 18.5. The third kappa shape index (κ3) is 4.45. The number of hydrogen-bond donors (Lipinski definition) is 1. The van der Waals surface area contributed by atoms with E-state index in [0.717, 1.165) is 17.2 Å². The van der Waals surface area contributed by atoms with Crippen molar-refractivity contribution in [1.29, 1.82) is 0 Å². The Morgan fingerprint density at radius 3 is 2.19 bits per heavy atom. The minimum Gasteiger partial charge on any atom is -0.427 e. The monoisotopic (exact) mass is 371 g/mol. The lowest BCUT2D eigenvalue weighted by atomic mass is 9.50. The molecule has 2 fully saturated rings. The van der Waals surface area contributed by atoms with E-state index >= 15 is 0 Å². The normalized spacial score (nSPS) is 29.1. The van der Waals surface area contributed by atoms with Crippen LogP contribution in [0.25, 0.3) is 0 Å². The summed E-state index contributed by atoms with van der Waals surface area (Å²) in [6.45, 7) is 10.4. The van der Waals surface area contributed by atoms with Crippen LogP contribution in [-0.4, -0.2) is 28.1 Å². The van der Waals surface area contributed by atoms with E-state index in [9.17, 15) is 0 Å². The first-order valence-electron chi connectivity index (χ1n) is 10.8. The number of nitrogens with one attached hydrogen (secondary N) is 1. The van der Waals surface area contributed by atoms with Gasteiger partial charge >= 0.3 is 0 Å². The molecule has 1 N–H and O–H groups in total. The summed E-state index contributed by atoms with van der Waals surface area (Å²) in [5.41, 5.74) is 2.12. The molecule has 0 amide bonds. The molecule has 2 aliphatic rings. The predicted molar refractivity (Wildman–Crippen MR) is 117 cm³/mol. The van der Waals surface area contributed by atoms with Crippen LogP contribution in [0.15, 0.2) is 30.3 Å². The molecule has 2 heterocycles. The Labute approximate surface area is 162 Å². The molecule has 0 unspecified atom stereocenters. The van der Waals surface area contributed by atoms with Gasteiger partial charge in [0.1, 0.15) is 0 Å². The van der Waals surface area contributed by atoms with Gasteiger partial charge in [0.15, 0.2) is 0 Å². The summed E-state index contributed by atoms with van der Waals surface area (Å²) in [4.78, 5) is 0. The van der Waals surface area contributed by atoms with Gasteiger partial charge < -0.3 is 9.97 Å². The van der Waals surface area contributed by atoms with Gasteiger partial charge in [0, 0.05) is 14.1 Å². The molecule has 0 spiro atoms. The highest BCUT2D eigenvalue weighted by Gasteiger charge is 2.50. The van der Waals surface area contributed by atoms with Crippen LogP contribution in [0.3, 0.4) is 0 Å². The van der Waals surface area contributed by atoms with Crippen LogP contribution in [-0.2, 0) is 4.65 Å². The third-order valence-corrected chi connectivity index (χ3v) is 9.77. The number of hydrogen-bond acceptors (Lipinski definition) is 2. The molecule has 2 aliphatic heterocycles. The Morgan fingerprint density at radius 1 is 1.04 bits per heavy atom. The predicted octanol–water partition coefficient (Wildman–Crippen LogP) is 5.95. The first-order chi connectivity index (χ1) is 12.4. The van der Waals surface area contributed by atoms with Crippen LogP contribution < -0.4 is 5.32 Å². The van der Waals surface area contributed by atoms with Crippen molar-refractivity contribution in [3.8, 4) is 0 Å². The van der Waals surface area contributed by atoms with E-state index in [1.165, 1.54) is 44.1 Å². The van der Waals surface area contributed by atoms with Crippen LogP contribution in [0.2, 0.25) is 30.9 Å². The number of fused-ring (bicyclic) bond motifs is 3. The van der Waals surface area contributed by atoms with Crippen molar-refractivity contribution in [2.45, 2.75) is 88.5 Å². The van der Waals surface area contributed by atoms with Gasteiger partial charge in [-0.2, -0.15) is 0 Å². The minimum atomic E-state index is -1.30. The number of likely N-dealkylation sites (N-methyl/N-ethyl adjacent to an activating group) is 1. The highest BCUT2D eigenvalue weighted by molar-refractivity contribution is 6.88. The number of benzene rings is 1. The molecule has 3 atom stereocenters. The highest BCUT2D eigenvalue weighted by Crippen LogP contribution is 2.51. The lowest BCUT2D eigenvalue weighted by Gasteiger charge is -2.41. The first-order valence-corrected chi connectivity index (χ1v) is 14.4. The van der Waals surface area contributed by atoms with Gasteiger partial charge in [-0.05, 0) is 36.7 Å². The third-order valence-electron chi connectivity index (χ3n) is 6.97. The van der Waals surface area contributed by atoms with Gasteiger partial charge in [0.2, 0.25) is 0 Å². The van der Waals surface area contributed by atoms with Gasteiger partial charge in [-0.25, -0.2) is 0 Å². The van der Waals surface area contributed by atoms with Crippen molar-refractivity contribution in [3.63, 3.8) is 0 Å². The Morgan fingerprint density at radius 2 is 1.65 bits per heavy atom. The van der Waals surface area contributed by atoms with E-state index in [1.807, 2.05) is 0 Å². The van der Waals surface area contributed by atoms with Crippen molar-refractivity contribution >= 4 is 15.0 Å². The maximum absolute atomic E-state index is 7.14. The summed E-state index contributed by atoms with van der Waals surface area (Å²) in [7, 11) is 0.765. The van der Waals surface area contributed by atoms with Crippen molar-refractivity contribution in [1.82, 2.24) is 5.32 Å². The van der Waals surface area contributed by atoms with E-state index in [0.29, 0.717) is 13.0 Å². The average Bonchev–Trinajstić information content (AvgIpc) is 2.87. The summed E-state index contributed by atoms with van der Waals surface area (Å²) in [6, 6.07) is 11.2. The zero-order valence-electron chi connectivity index (χ0n) is 17.5. The smallest absolute Gasteiger partial charge is 0.297 e. The molecular formula is C22H38BNOSi. The second kappa shape index (κ2) is 8.62. The van der Waals surface area contributed by atoms with E-state index in [4.69, 9.17) is 4.65 Å². The Kier molecular flexibility index (Phi) is 6.69. The minimum absolute atomic E-state index is 0.143. The molecule has 2 bridgehead atoms. The maximum Gasteiger partial charge on any atom is 0.297 e. The van der Waals surface area contributed by atoms with Crippen molar-refractivity contribution in [2.24, 2.45) is 5.92 Å². The quantitative estimate of drug-likeness (QED) is 0.624. The Bertz CT molecular complexity index is 551. The molecule has 0 saturated carbocycles. The van der Waals surface area contributed by atoms with Gasteiger partial charge in [-0.1, -0.05) is 88.5 Å². The van der Waals surface area contributed by atoms with Gasteiger partial charge in [0.25, 0.3) is 6.92 Å². The van der Waals surface area contributed by atoms with Crippen molar-refractivity contribution < 1.29 is 4.65 Å². The van der Waals surface area contributed by atoms with Crippen LogP contribution in [0, 0.1) is 5.92 Å². The summed E-state index contributed by atoms with van der Waals surface area (Å²) in [5, 5.41) is 3.47. The lowest BCUT2D eigenvalue weighted by molar-refractivity contribution is 0.158. The second-order valence-corrected chi connectivity index (χ2v) is 15.2. The van der Waals surface area contributed by atoms with Gasteiger partial charge in [-0.15, -0.1) is 0 Å². The molecule has 0 aliphatic carbocycles. The summed E-state index contributed by atoms with van der Waals surface area (Å²) >= 11 is 0.